The van der Waals surface area contributed by atoms with Crippen molar-refractivity contribution in [2.45, 2.75) is 19.3 Å². The van der Waals surface area contributed by atoms with Gasteiger partial charge in [-0.2, -0.15) is 0 Å². The molecule has 2 heteroatoms. The molecular weight excluding hydrogens is 126 g/mol. The van der Waals surface area contributed by atoms with Crippen molar-refractivity contribution in [2.24, 2.45) is 0 Å². The molecule has 2 aliphatic heterocycles. The maximum atomic E-state index is 4.96. The van der Waals surface area contributed by atoms with Crippen LogP contribution in [0.1, 0.15) is 19.3 Å². The fourth-order valence-electron chi connectivity index (χ4n) is 1.45. The summed E-state index contributed by atoms with van der Waals surface area (Å²) in [5.74, 6) is 1.17. The third-order valence-corrected chi connectivity index (χ3v) is 2.11. The van der Waals surface area contributed by atoms with Gasteiger partial charge in [-0.05, 0) is 25.9 Å². The fraction of sp³-hybridized carbons (Fsp3) is 0.750. The average molecular weight is 139 g/mol. The number of ether oxygens (including phenoxy) is 1. The van der Waals surface area contributed by atoms with Gasteiger partial charge in [0.15, 0.2) is 5.76 Å². The largest absolute Gasteiger partial charge is 0.461 e. The summed E-state index contributed by atoms with van der Waals surface area (Å²) in [6.45, 7) is 3.58. The van der Waals surface area contributed by atoms with Gasteiger partial charge < -0.3 is 4.74 Å². The Morgan fingerprint density at radius 3 is 2.60 bits per heavy atom. The molecule has 56 valence electrons. The predicted octanol–water partition coefficient (Wildman–Crippen LogP) is 1.34. The summed E-state index contributed by atoms with van der Waals surface area (Å²) in [4.78, 5) is 2.46. The Morgan fingerprint density at radius 2 is 2.00 bits per heavy atom. The van der Waals surface area contributed by atoms with Crippen LogP contribution in [0.25, 0.3) is 0 Å². The predicted molar refractivity (Wildman–Crippen MR) is 39.5 cm³/mol. The molecule has 0 bridgehead atoms. The van der Waals surface area contributed by atoms with Gasteiger partial charge in [0, 0.05) is 0 Å². The van der Waals surface area contributed by atoms with E-state index in [1.807, 2.05) is 6.26 Å². The highest BCUT2D eigenvalue weighted by Crippen LogP contribution is 2.17. The summed E-state index contributed by atoms with van der Waals surface area (Å²) < 4.78 is 4.96. The van der Waals surface area contributed by atoms with Crippen LogP contribution in [0, 0.1) is 0 Å². The van der Waals surface area contributed by atoms with Crippen molar-refractivity contribution in [3.63, 3.8) is 0 Å². The number of hydrogen-bond donors (Lipinski definition) is 0. The second kappa shape index (κ2) is 2.62. The highest BCUT2D eigenvalue weighted by atomic mass is 16.5. The minimum Gasteiger partial charge on any atom is -0.461 e. The summed E-state index contributed by atoms with van der Waals surface area (Å²) in [6, 6.07) is 0. The van der Waals surface area contributed by atoms with E-state index < -0.39 is 0 Å². The van der Waals surface area contributed by atoms with Crippen LogP contribution in [0.15, 0.2) is 12.0 Å². The molecule has 0 spiro atoms. The lowest BCUT2D eigenvalue weighted by Gasteiger charge is -2.24. The van der Waals surface area contributed by atoms with E-state index in [0.717, 1.165) is 6.54 Å². The Labute approximate surface area is 61.5 Å². The third kappa shape index (κ3) is 1.51. The van der Waals surface area contributed by atoms with Crippen molar-refractivity contribution >= 4 is 0 Å². The van der Waals surface area contributed by atoms with Gasteiger partial charge in [-0.15, -0.1) is 0 Å². The van der Waals surface area contributed by atoms with E-state index in [2.05, 4.69) is 4.90 Å². The quantitative estimate of drug-likeness (QED) is 0.574. The number of nitrogens with zero attached hydrogens (tertiary/aromatic N) is 1. The zero-order valence-electron chi connectivity index (χ0n) is 6.18. The third-order valence-electron chi connectivity index (χ3n) is 2.11. The minimum absolute atomic E-state index is 1.06. The van der Waals surface area contributed by atoms with Crippen LogP contribution in [-0.4, -0.2) is 24.5 Å². The van der Waals surface area contributed by atoms with Crippen LogP contribution in [0.2, 0.25) is 0 Å². The highest BCUT2D eigenvalue weighted by Gasteiger charge is 2.16. The van der Waals surface area contributed by atoms with Crippen LogP contribution in [0.3, 0.4) is 0 Å². The molecule has 1 saturated heterocycles. The zero-order valence-corrected chi connectivity index (χ0v) is 6.18. The molecule has 2 heterocycles. The van der Waals surface area contributed by atoms with Crippen LogP contribution < -0.4 is 0 Å². The van der Waals surface area contributed by atoms with E-state index in [9.17, 15) is 0 Å². The molecule has 0 amide bonds. The smallest absolute Gasteiger partial charge is 0.152 e. The van der Waals surface area contributed by atoms with Crippen LogP contribution in [0.5, 0.6) is 0 Å². The summed E-state index contributed by atoms with van der Waals surface area (Å²) in [5, 5.41) is 0. The van der Waals surface area contributed by atoms with Gasteiger partial charge in [0.2, 0.25) is 0 Å². The minimum atomic E-state index is 1.06. The lowest BCUT2D eigenvalue weighted by Crippen LogP contribution is -2.30. The summed E-state index contributed by atoms with van der Waals surface area (Å²) in [7, 11) is 0. The normalized spacial score (nSPS) is 25.4. The molecule has 0 N–H and O–H groups in total. The van der Waals surface area contributed by atoms with E-state index in [4.69, 9.17) is 4.74 Å². The Bertz CT molecular complexity index is 147. The standard InChI is InChI=1S/C8H13NO/c1-2-4-9(5-3-1)6-8-7-10-8/h7H,1-6H2. The number of hydrogen-bond acceptors (Lipinski definition) is 2. The van der Waals surface area contributed by atoms with Gasteiger partial charge in [0.1, 0.15) is 6.26 Å². The molecule has 0 aliphatic carbocycles. The molecule has 0 aromatic carbocycles. The molecule has 1 fully saturated rings. The monoisotopic (exact) mass is 139 g/mol. The Balaban J connectivity index is 1.74. The number of rotatable bonds is 2. The molecule has 0 saturated carbocycles. The topological polar surface area (TPSA) is 15.8 Å². The van der Waals surface area contributed by atoms with Gasteiger partial charge in [-0.1, -0.05) is 6.42 Å². The first kappa shape index (κ1) is 6.23. The summed E-state index contributed by atoms with van der Waals surface area (Å²) in [5.41, 5.74) is 0. The Morgan fingerprint density at radius 1 is 1.30 bits per heavy atom. The first-order valence-electron chi connectivity index (χ1n) is 4.03. The molecule has 0 atom stereocenters. The van der Waals surface area contributed by atoms with E-state index in [0.29, 0.717) is 0 Å². The average Bonchev–Trinajstić information content (AvgIpc) is 2.74. The molecule has 0 aromatic rings. The number of piperidine rings is 1. The Hall–Kier alpha value is -0.500. The van der Waals surface area contributed by atoms with Gasteiger partial charge >= 0.3 is 0 Å². The van der Waals surface area contributed by atoms with E-state index in [1.54, 1.807) is 0 Å². The first-order valence-corrected chi connectivity index (χ1v) is 4.03. The summed E-state index contributed by atoms with van der Waals surface area (Å²) in [6.07, 6.45) is 5.99. The maximum absolute atomic E-state index is 4.96. The van der Waals surface area contributed by atoms with E-state index >= 15 is 0 Å². The van der Waals surface area contributed by atoms with Gasteiger partial charge in [0.05, 0.1) is 6.54 Å². The van der Waals surface area contributed by atoms with Crippen molar-refractivity contribution in [3.05, 3.63) is 12.0 Å². The molecule has 2 aliphatic rings. The molecule has 0 aromatic heterocycles. The lowest BCUT2D eigenvalue weighted by molar-refractivity contribution is 0.234. The SMILES string of the molecule is C1=C(CN2CCCCC2)O1. The van der Waals surface area contributed by atoms with Gasteiger partial charge in [0.25, 0.3) is 0 Å². The second-order valence-corrected chi connectivity index (χ2v) is 3.04. The van der Waals surface area contributed by atoms with Crippen LogP contribution >= 0.6 is 0 Å². The van der Waals surface area contributed by atoms with Crippen molar-refractivity contribution in [1.82, 2.24) is 4.90 Å². The number of likely N-dealkylation sites (tertiary alicyclic amines) is 1. The maximum Gasteiger partial charge on any atom is 0.152 e. The van der Waals surface area contributed by atoms with Crippen molar-refractivity contribution in [1.29, 1.82) is 0 Å². The highest BCUT2D eigenvalue weighted by molar-refractivity contribution is 5.05. The van der Waals surface area contributed by atoms with Gasteiger partial charge in [-0.3, -0.25) is 4.90 Å². The van der Waals surface area contributed by atoms with Crippen molar-refractivity contribution < 1.29 is 4.74 Å². The zero-order chi connectivity index (χ0) is 6.81. The Kier molecular flexibility index (Phi) is 1.63. The molecule has 10 heavy (non-hydrogen) atoms. The molecule has 0 radical (unpaired) electrons. The molecule has 0 unspecified atom stereocenters. The van der Waals surface area contributed by atoms with Gasteiger partial charge in [-0.25, -0.2) is 0 Å². The van der Waals surface area contributed by atoms with Crippen molar-refractivity contribution in [3.8, 4) is 0 Å². The van der Waals surface area contributed by atoms with E-state index in [1.165, 1.54) is 38.1 Å². The summed E-state index contributed by atoms with van der Waals surface area (Å²) >= 11 is 0. The molecule has 2 rings (SSSR count). The molecule has 2 nitrogen and oxygen atoms in total. The first-order chi connectivity index (χ1) is 4.95. The van der Waals surface area contributed by atoms with Crippen LogP contribution in [-0.2, 0) is 4.74 Å². The molecular formula is C8H13NO. The fourth-order valence-corrected chi connectivity index (χ4v) is 1.45. The lowest BCUT2D eigenvalue weighted by atomic mass is 10.1. The second-order valence-electron chi connectivity index (χ2n) is 3.04. The van der Waals surface area contributed by atoms with E-state index in [-0.39, 0.29) is 0 Å². The van der Waals surface area contributed by atoms with Crippen LogP contribution in [0.4, 0.5) is 0 Å². The van der Waals surface area contributed by atoms with Crippen molar-refractivity contribution in [2.75, 3.05) is 19.6 Å².